The van der Waals surface area contributed by atoms with E-state index in [9.17, 15) is 9.59 Å². The molecule has 0 aliphatic rings. The Hall–Kier alpha value is -2.56. The zero-order chi connectivity index (χ0) is 18.4. The van der Waals surface area contributed by atoms with Crippen LogP contribution in [-0.2, 0) is 14.3 Å². The Morgan fingerprint density at radius 3 is 2.84 bits per heavy atom. The number of rotatable bonds is 6. The van der Waals surface area contributed by atoms with Gasteiger partial charge < -0.3 is 14.8 Å². The molecule has 0 radical (unpaired) electrons. The molecule has 1 atom stereocenters. The summed E-state index contributed by atoms with van der Waals surface area (Å²) in [6.45, 7) is 2.93. The van der Waals surface area contributed by atoms with Crippen LogP contribution in [0.15, 0.2) is 29.6 Å². The molecule has 0 aliphatic carbocycles. The minimum atomic E-state index is -1.02. The van der Waals surface area contributed by atoms with Crippen molar-refractivity contribution in [1.82, 2.24) is 0 Å². The zero-order valence-electron chi connectivity index (χ0n) is 13.5. The number of benzene rings is 1. The van der Waals surface area contributed by atoms with Gasteiger partial charge >= 0.3 is 5.97 Å². The highest BCUT2D eigenvalue weighted by molar-refractivity contribution is 7.14. The monoisotopic (exact) mass is 378 g/mol. The van der Waals surface area contributed by atoms with Crippen molar-refractivity contribution in [2.24, 2.45) is 0 Å². The molecule has 0 bridgehead atoms. The summed E-state index contributed by atoms with van der Waals surface area (Å²) in [6, 6.07) is 8.57. The number of hydrogen-bond acceptors (Lipinski definition) is 6. The molecular formula is C17H15ClN2O4S. The molecule has 0 aliphatic heterocycles. The average Bonchev–Trinajstić information content (AvgIpc) is 3.03. The number of nitrogens with one attached hydrogen (secondary N) is 1. The second-order valence-corrected chi connectivity index (χ2v) is 6.42. The van der Waals surface area contributed by atoms with Crippen LogP contribution in [0.1, 0.15) is 18.1 Å². The highest BCUT2D eigenvalue weighted by atomic mass is 35.5. The summed E-state index contributed by atoms with van der Waals surface area (Å²) in [5.74, 6) is -0.718. The van der Waals surface area contributed by atoms with Gasteiger partial charge in [0.2, 0.25) is 0 Å². The zero-order valence-corrected chi connectivity index (χ0v) is 15.1. The lowest BCUT2D eigenvalue weighted by molar-refractivity contribution is -0.155. The van der Waals surface area contributed by atoms with Gasteiger partial charge in [0.25, 0.3) is 5.91 Å². The maximum absolute atomic E-state index is 12.0. The number of halogens is 1. The smallest absolute Gasteiger partial charge is 0.344 e. The van der Waals surface area contributed by atoms with Crippen molar-refractivity contribution in [3.05, 3.63) is 45.8 Å². The second kappa shape index (κ2) is 8.51. The predicted octanol–water partition coefficient (Wildman–Crippen LogP) is 3.53. The fourth-order valence-corrected chi connectivity index (χ4v) is 2.70. The van der Waals surface area contributed by atoms with Crippen molar-refractivity contribution < 1.29 is 19.1 Å². The number of nitriles is 1. The number of hydrogen-bond donors (Lipinski definition) is 1. The predicted molar refractivity (Wildman–Crippen MR) is 94.9 cm³/mol. The first-order valence-corrected chi connectivity index (χ1v) is 8.53. The summed E-state index contributed by atoms with van der Waals surface area (Å²) in [4.78, 5) is 23.8. The fourth-order valence-electron chi connectivity index (χ4n) is 1.84. The molecule has 130 valence electrons. The molecule has 25 heavy (non-hydrogen) atoms. The van der Waals surface area contributed by atoms with E-state index in [1.807, 2.05) is 13.0 Å². The topological polar surface area (TPSA) is 88.4 Å². The van der Waals surface area contributed by atoms with Gasteiger partial charge in [0, 0.05) is 5.02 Å². The minimum Gasteiger partial charge on any atom is -0.482 e. The lowest BCUT2D eigenvalue weighted by atomic mass is 10.2. The van der Waals surface area contributed by atoms with E-state index in [0.717, 1.165) is 5.56 Å². The molecule has 2 rings (SSSR count). The maximum atomic E-state index is 12.0. The minimum absolute atomic E-state index is 0.332. The number of carbonyl (C=O) groups excluding carboxylic acids is 2. The van der Waals surface area contributed by atoms with Crippen LogP contribution in [0.5, 0.6) is 5.75 Å². The van der Waals surface area contributed by atoms with Crippen molar-refractivity contribution in [1.29, 1.82) is 5.26 Å². The summed E-state index contributed by atoms with van der Waals surface area (Å²) in [7, 11) is 0. The first-order chi connectivity index (χ1) is 11.9. The number of amides is 1. The van der Waals surface area contributed by atoms with Gasteiger partial charge in [0.15, 0.2) is 12.7 Å². The Bertz CT molecular complexity index is 828. The van der Waals surface area contributed by atoms with Gasteiger partial charge in [-0.25, -0.2) is 4.79 Å². The molecular weight excluding hydrogens is 364 g/mol. The van der Waals surface area contributed by atoms with E-state index in [2.05, 4.69) is 5.32 Å². The third-order valence-electron chi connectivity index (χ3n) is 3.19. The summed E-state index contributed by atoms with van der Waals surface area (Å²) in [6.07, 6.45) is -1.02. The largest absolute Gasteiger partial charge is 0.482 e. The van der Waals surface area contributed by atoms with E-state index >= 15 is 0 Å². The van der Waals surface area contributed by atoms with Crippen molar-refractivity contribution in [3.63, 3.8) is 0 Å². The van der Waals surface area contributed by atoms with E-state index in [0.29, 0.717) is 21.3 Å². The van der Waals surface area contributed by atoms with Crippen LogP contribution >= 0.6 is 22.9 Å². The van der Waals surface area contributed by atoms with Crippen molar-refractivity contribution in [3.8, 4) is 11.8 Å². The number of carbonyl (C=O) groups is 2. The van der Waals surface area contributed by atoms with Crippen molar-refractivity contribution in [2.75, 3.05) is 11.9 Å². The number of thiophene rings is 1. The number of anilines is 1. The van der Waals surface area contributed by atoms with Gasteiger partial charge in [-0.05, 0) is 49.1 Å². The summed E-state index contributed by atoms with van der Waals surface area (Å²) in [5, 5.41) is 14.2. The van der Waals surface area contributed by atoms with Gasteiger partial charge in [0.05, 0.1) is 5.56 Å². The molecule has 0 spiro atoms. The van der Waals surface area contributed by atoms with Crippen LogP contribution in [-0.4, -0.2) is 24.6 Å². The Morgan fingerprint density at radius 2 is 2.16 bits per heavy atom. The summed E-state index contributed by atoms with van der Waals surface area (Å²) < 4.78 is 10.4. The van der Waals surface area contributed by atoms with Crippen LogP contribution in [0.3, 0.4) is 0 Å². The Morgan fingerprint density at radius 1 is 1.40 bits per heavy atom. The molecule has 1 heterocycles. The standard InChI is InChI=1S/C17H15ClN2O4S/c1-10-7-13(3-4-14(10)18)23-9-15(21)24-11(2)16(22)20-17-12(8-19)5-6-25-17/h3-7,11H,9H2,1-2H3,(H,20,22). The number of aryl methyl sites for hydroxylation is 1. The molecule has 6 nitrogen and oxygen atoms in total. The van der Waals surface area contributed by atoms with E-state index in [-0.39, 0.29) is 6.61 Å². The van der Waals surface area contributed by atoms with E-state index in [1.165, 1.54) is 18.3 Å². The Labute approximate surface area is 153 Å². The van der Waals surface area contributed by atoms with Crippen LogP contribution in [0.4, 0.5) is 5.00 Å². The highest BCUT2D eigenvalue weighted by Gasteiger charge is 2.20. The molecule has 0 fully saturated rings. The molecule has 1 N–H and O–H groups in total. The molecule has 1 aromatic carbocycles. The van der Waals surface area contributed by atoms with Crippen molar-refractivity contribution in [2.45, 2.75) is 20.0 Å². The van der Waals surface area contributed by atoms with Gasteiger partial charge in [-0.3, -0.25) is 4.79 Å². The molecule has 0 saturated heterocycles. The van der Waals surface area contributed by atoms with Crippen LogP contribution < -0.4 is 10.1 Å². The van der Waals surface area contributed by atoms with Crippen LogP contribution in [0.2, 0.25) is 5.02 Å². The Balaban J connectivity index is 1.84. The van der Waals surface area contributed by atoms with E-state index in [4.69, 9.17) is 26.3 Å². The maximum Gasteiger partial charge on any atom is 0.344 e. The van der Waals surface area contributed by atoms with Crippen LogP contribution in [0.25, 0.3) is 0 Å². The third-order valence-corrected chi connectivity index (χ3v) is 4.44. The second-order valence-electron chi connectivity index (χ2n) is 5.10. The molecule has 1 unspecified atom stereocenters. The highest BCUT2D eigenvalue weighted by Crippen LogP contribution is 2.23. The first-order valence-electron chi connectivity index (χ1n) is 7.27. The number of nitrogens with zero attached hydrogens (tertiary/aromatic N) is 1. The average molecular weight is 379 g/mol. The molecule has 8 heteroatoms. The van der Waals surface area contributed by atoms with Gasteiger partial charge in [-0.2, -0.15) is 5.26 Å². The molecule has 2 aromatic rings. The molecule has 0 saturated carbocycles. The van der Waals surface area contributed by atoms with Gasteiger partial charge in [-0.15, -0.1) is 11.3 Å². The van der Waals surface area contributed by atoms with Gasteiger partial charge in [-0.1, -0.05) is 11.6 Å². The number of esters is 1. The van der Waals surface area contributed by atoms with Crippen molar-refractivity contribution >= 4 is 39.8 Å². The molecule has 1 amide bonds. The third kappa shape index (κ3) is 5.21. The number of ether oxygens (including phenoxy) is 2. The first kappa shape index (κ1) is 18.8. The summed E-state index contributed by atoms with van der Waals surface area (Å²) >= 11 is 7.13. The van der Waals surface area contributed by atoms with Crippen LogP contribution in [0, 0.1) is 18.3 Å². The fraction of sp³-hybridized carbons (Fsp3) is 0.235. The van der Waals surface area contributed by atoms with E-state index in [1.54, 1.807) is 29.6 Å². The van der Waals surface area contributed by atoms with Gasteiger partial charge in [0.1, 0.15) is 16.8 Å². The lowest BCUT2D eigenvalue weighted by Crippen LogP contribution is -2.31. The van der Waals surface area contributed by atoms with E-state index < -0.39 is 18.0 Å². The normalized spacial score (nSPS) is 11.3. The molecule has 1 aromatic heterocycles. The quantitative estimate of drug-likeness (QED) is 0.777. The summed E-state index contributed by atoms with van der Waals surface area (Å²) in [5.41, 5.74) is 1.18. The Kier molecular flexibility index (Phi) is 6.39. The lowest BCUT2D eigenvalue weighted by Gasteiger charge is -2.13. The SMILES string of the molecule is Cc1cc(OCC(=O)OC(C)C(=O)Nc2sccc2C#N)ccc1Cl.